The topological polar surface area (TPSA) is 32.3 Å². The summed E-state index contributed by atoms with van der Waals surface area (Å²) in [5.74, 6) is 0. The molecule has 0 bridgehead atoms. The fourth-order valence-electron chi connectivity index (χ4n) is 4.89. The lowest BCUT2D eigenvalue weighted by molar-refractivity contribution is 0.195. The monoisotopic (exact) mass is 416 g/mol. The van der Waals surface area contributed by atoms with Gasteiger partial charge in [-0.3, -0.25) is 0 Å². The van der Waals surface area contributed by atoms with Gasteiger partial charge in [0.05, 0.1) is 6.04 Å². The van der Waals surface area contributed by atoms with E-state index in [0.29, 0.717) is 0 Å². The summed E-state index contributed by atoms with van der Waals surface area (Å²) in [5.41, 5.74) is 7.48. The van der Waals surface area contributed by atoms with Gasteiger partial charge in [0.1, 0.15) is 0 Å². The van der Waals surface area contributed by atoms with Crippen LogP contribution in [0.5, 0.6) is 0 Å². The predicted octanol–water partition coefficient (Wildman–Crippen LogP) is 6.42. The van der Waals surface area contributed by atoms with E-state index in [1.54, 1.807) is 10.4 Å². The number of nitrogens with zero attached hydrogens (tertiary/aromatic N) is 1. The molecular weight excluding hydrogens is 388 g/mol. The maximum Gasteiger partial charge on any atom is 0.322 e. The number of benzene rings is 2. The van der Waals surface area contributed by atoms with Crippen LogP contribution in [0.3, 0.4) is 0 Å². The van der Waals surface area contributed by atoms with Crippen molar-refractivity contribution in [3.05, 3.63) is 86.1 Å². The Bertz CT molecular complexity index is 1090. The van der Waals surface area contributed by atoms with E-state index < -0.39 is 0 Å². The number of carbonyl (C=O) groups is 1. The molecule has 0 unspecified atom stereocenters. The Hall–Kier alpha value is -2.59. The van der Waals surface area contributed by atoms with Crippen molar-refractivity contribution in [2.24, 2.45) is 0 Å². The van der Waals surface area contributed by atoms with Crippen LogP contribution in [-0.4, -0.2) is 17.5 Å². The average Bonchev–Trinajstić information content (AvgIpc) is 3.15. The number of fused-ring (bicyclic) bond motifs is 3. The third kappa shape index (κ3) is 3.43. The van der Waals surface area contributed by atoms with Crippen LogP contribution < -0.4 is 5.32 Å². The number of hydrogen-bond acceptors (Lipinski definition) is 2. The summed E-state index contributed by atoms with van der Waals surface area (Å²) in [4.78, 5) is 18.5. The highest BCUT2D eigenvalue weighted by atomic mass is 32.1. The van der Waals surface area contributed by atoms with E-state index in [-0.39, 0.29) is 12.1 Å². The standard InChI is InChI=1S/C26H28N2OS/c1-17-12-13-18(2)22(16-17)27-26(29)28-15-14-21-20-10-6-7-11-23(20)30-25(21)24(28)19-8-4-3-5-9-19/h3-5,8-9,12-13,16,24H,6-7,10-11,14-15H2,1-2H3,(H,27,29)/t24-/m0/s1. The molecule has 2 aromatic carbocycles. The summed E-state index contributed by atoms with van der Waals surface area (Å²) in [7, 11) is 0. The van der Waals surface area contributed by atoms with E-state index in [4.69, 9.17) is 0 Å². The van der Waals surface area contributed by atoms with Crippen LogP contribution in [-0.2, 0) is 19.3 Å². The minimum atomic E-state index is -0.00502. The summed E-state index contributed by atoms with van der Waals surface area (Å²) < 4.78 is 0. The average molecular weight is 417 g/mol. The largest absolute Gasteiger partial charge is 0.322 e. The van der Waals surface area contributed by atoms with E-state index in [0.717, 1.165) is 29.8 Å². The van der Waals surface area contributed by atoms with Crippen molar-refractivity contribution in [3.8, 4) is 0 Å². The van der Waals surface area contributed by atoms with Crippen molar-refractivity contribution in [1.29, 1.82) is 0 Å². The van der Waals surface area contributed by atoms with Gasteiger partial charge in [0, 0.05) is 22.0 Å². The third-order valence-electron chi connectivity index (χ3n) is 6.49. The first kappa shape index (κ1) is 19.4. The van der Waals surface area contributed by atoms with Gasteiger partial charge in [-0.1, -0.05) is 42.5 Å². The van der Waals surface area contributed by atoms with E-state index >= 15 is 0 Å². The Morgan fingerprint density at radius 1 is 1.00 bits per heavy atom. The molecule has 1 atom stereocenters. The number of anilines is 1. The Morgan fingerprint density at radius 3 is 2.63 bits per heavy atom. The van der Waals surface area contributed by atoms with E-state index in [9.17, 15) is 4.79 Å². The highest BCUT2D eigenvalue weighted by Gasteiger charge is 2.36. The molecule has 3 aromatic rings. The summed E-state index contributed by atoms with van der Waals surface area (Å²) in [6, 6.07) is 16.7. The molecule has 1 N–H and O–H groups in total. The van der Waals surface area contributed by atoms with Crippen molar-refractivity contribution in [2.75, 3.05) is 11.9 Å². The highest BCUT2D eigenvalue weighted by molar-refractivity contribution is 7.12. The normalized spacial score (nSPS) is 17.9. The Kier molecular flexibility index (Phi) is 5.11. The van der Waals surface area contributed by atoms with Crippen LogP contribution in [0.15, 0.2) is 48.5 Å². The second-order valence-electron chi connectivity index (χ2n) is 8.56. The van der Waals surface area contributed by atoms with E-state index in [1.165, 1.54) is 41.7 Å². The van der Waals surface area contributed by atoms with Crippen LogP contribution in [0.2, 0.25) is 0 Å². The fraction of sp³-hybridized carbons (Fsp3) is 0.346. The zero-order valence-electron chi connectivity index (χ0n) is 17.7. The number of rotatable bonds is 2. The van der Waals surface area contributed by atoms with Crippen LogP contribution in [0.1, 0.15) is 56.5 Å². The fourth-order valence-corrected chi connectivity index (χ4v) is 6.48. The minimum Gasteiger partial charge on any atom is -0.312 e. The van der Waals surface area contributed by atoms with Gasteiger partial charge in [-0.15, -0.1) is 11.3 Å². The number of nitrogens with one attached hydrogen (secondary N) is 1. The number of aryl methyl sites for hydroxylation is 3. The van der Waals surface area contributed by atoms with Crippen molar-refractivity contribution in [2.45, 2.75) is 52.0 Å². The van der Waals surface area contributed by atoms with Gasteiger partial charge < -0.3 is 10.2 Å². The quantitative estimate of drug-likeness (QED) is 0.513. The van der Waals surface area contributed by atoms with Gasteiger partial charge in [0.2, 0.25) is 0 Å². The molecular formula is C26H28N2OS. The molecule has 1 aliphatic carbocycles. The Morgan fingerprint density at radius 2 is 1.80 bits per heavy atom. The number of carbonyl (C=O) groups excluding carboxylic acids is 1. The molecule has 154 valence electrons. The molecule has 0 fully saturated rings. The molecule has 1 aromatic heterocycles. The van der Waals surface area contributed by atoms with Crippen molar-refractivity contribution in [3.63, 3.8) is 0 Å². The van der Waals surface area contributed by atoms with Crippen molar-refractivity contribution < 1.29 is 4.79 Å². The maximum atomic E-state index is 13.5. The lowest BCUT2D eigenvalue weighted by atomic mass is 9.88. The molecule has 0 radical (unpaired) electrons. The molecule has 0 spiro atoms. The van der Waals surface area contributed by atoms with Gasteiger partial charge in [-0.25, -0.2) is 4.79 Å². The Balaban J connectivity index is 1.53. The first-order valence-corrected chi connectivity index (χ1v) is 11.8. The number of hydrogen-bond donors (Lipinski definition) is 1. The van der Waals surface area contributed by atoms with Gasteiger partial charge in [0.15, 0.2) is 0 Å². The summed E-state index contributed by atoms with van der Waals surface area (Å²) in [6.07, 6.45) is 5.95. The smallest absolute Gasteiger partial charge is 0.312 e. The van der Waals surface area contributed by atoms with Crippen LogP contribution >= 0.6 is 11.3 Å². The second-order valence-corrected chi connectivity index (χ2v) is 9.70. The van der Waals surface area contributed by atoms with E-state index in [2.05, 4.69) is 54.7 Å². The first-order chi connectivity index (χ1) is 14.6. The number of amides is 2. The first-order valence-electron chi connectivity index (χ1n) is 10.9. The summed E-state index contributed by atoms with van der Waals surface area (Å²) in [5, 5.41) is 3.20. The van der Waals surface area contributed by atoms with Crippen molar-refractivity contribution >= 4 is 23.1 Å². The zero-order valence-corrected chi connectivity index (χ0v) is 18.5. The minimum absolute atomic E-state index is 0.00401. The molecule has 2 heterocycles. The van der Waals surface area contributed by atoms with Crippen molar-refractivity contribution in [1.82, 2.24) is 4.90 Å². The molecule has 5 rings (SSSR count). The highest BCUT2D eigenvalue weighted by Crippen LogP contribution is 2.45. The molecule has 2 amide bonds. The van der Waals surface area contributed by atoms with E-state index in [1.807, 2.05) is 29.2 Å². The zero-order chi connectivity index (χ0) is 20.7. The van der Waals surface area contributed by atoms with Crippen LogP contribution in [0.4, 0.5) is 10.5 Å². The number of urea groups is 1. The molecule has 2 aliphatic rings. The SMILES string of the molecule is Cc1ccc(C)c(NC(=O)N2CCc3c(sc4c3CCCC4)[C@@H]2c2ccccc2)c1. The van der Waals surface area contributed by atoms with Gasteiger partial charge in [0.25, 0.3) is 0 Å². The molecule has 4 heteroatoms. The summed E-state index contributed by atoms with van der Waals surface area (Å²) in [6.45, 7) is 4.86. The second kappa shape index (κ2) is 7.92. The number of thiophene rings is 1. The molecule has 1 aliphatic heterocycles. The Labute approximate surface area is 182 Å². The molecule has 30 heavy (non-hydrogen) atoms. The molecule has 0 saturated heterocycles. The van der Waals surface area contributed by atoms with Crippen LogP contribution in [0.25, 0.3) is 0 Å². The predicted molar refractivity (Wildman–Crippen MR) is 125 cm³/mol. The van der Waals surface area contributed by atoms with Crippen LogP contribution in [0, 0.1) is 13.8 Å². The van der Waals surface area contributed by atoms with Gasteiger partial charge in [-0.05, 0) is 79.8 Å². The van der Waals surface area contributed by atoms with Gasteiger partial charge >= 0.3 is 6.03 Å². The molecule has 0 saturated carbocycles. The lowest BCUT2D eigenvalue weighted by Crippen LogP contribution is -2.42. The van der Waals surface area contributed by atoms with Gasteiger partial charge in [-0.2, -0.15) is 0 Å². The molecule has 3 nitrogen and oxygen atoms in total. The maximum absolute atomic E-state index is 13.5. The summed E-state index contributed by atoms with van der Waals surface area (Å²) >= 11 is 1.95. The lowest BCUT2D eigenvalue weighted by Gasteiger charge is -2.36. The third-order valence-corrected chi connectivity index (χ3v) is 7.87.